The number of aliphatic hydroxyl groups is 1. The van der Waals surface area contributed by atoms with Gasteiger partial charge >= 0.3 is 5.97 Å². The number of rotatable bonds is 10. The third-order valence-electron chi connectivity index (χ3n) is 4.12. The molecule has 0 radical (unpaired) electrons. The fourth-order valence-corrected chi connectivity index (χ4v) is 2.37. The van der Waals surface area contributed by atoms with Crippen LogP contribution in [0.1, 0.15) is 49.9 Å². The van der Waals surface area contributed by atoms with Crippen molar-refractivity contribution in [1.29, 1.82) is 0 Å². The molecule has 0 bridgehead atoms. The van der Waals surface area contributed by atoms with Gasteiger partial charge in [-0.15, -0.1) is 0 Å². The molecule has 0 aliphatic heterocycles. The van der Waals surface area contributed by atoms with Gasteiger partial charge in [0.1, 0.15) is 11.5 Å². The third-order valence-corrected chi connectivity index (χ3v) is 4.12. The number of aromatic hydroxyl groups is 2. The van der Waals surface area contributed by atoms with E-state index in [1.165, 1.54) is 18.2 Å². The first-order valence-electron chi connectivity index (χ1n) is 8.58. The molecule has 1 aromatic rings. The molecular weight excluding hydrogens is 348 g/mol. The molecule has 1 atom stereocenters. The molecule has 0 saturated carbocycles. The van der Waals surface area contributed by atoms with Gasteiger partial charge in [-0.25, -0.2) is 4.79 Å². The smallest absolute Gasteiger partial charge is 0.331 e. The number of ketones is 1. The summed E-state index contributed by atoms with van der Waals surface area (Å²) in [6.45, 7) is 7.33. The molecule has 146 valence electrons. The Labute approximate surface area is 158 Å². The van der Waals surface area contributed by atoms with Gasteiger partial charge in [0.05, 0.1) is 11.7 Å². The molecule has 0 spiro atoms. The molecule has 0 aliphatic rings. The lowest BCUT2D eigenvalue weighted by Crippen LogP contribution is -2.08. The summed E-state index contributed by atoms with van der Waals surface area (Å²) in [5.74, 6) is -2.31. The Kier molecular flexibility index (Phi) is 8.48. The molecule has 27 heavy (non-hydrogen) atoms. The van der Waals surface area contributed by atoms with E-state index in [0.29, 0.717) is 24.8 Å². The molecule has 0 aliphatic carbocycles. The van der Waals surface area contributed by atoms with Crippen LogP contribution < -0.4 is 0 Å². The highest BCUT2D eigenvalue weighted by Crippen LogP contribution is 2.24. The maximum Gasteiger partial charge on any atom is 0.331 e. The van der Waals surface area contributed by atoms with E-state index >= 15 is 0 Å². The zero-order valence-corrected chi connectivity index (χ0v) is 15.6. The van der Waals surface area contributed by atoms with Crippen LogP contribution in [-0.2, 0) is 4.79 Å². The van der Waals surface area contributed by atoms with Gasteiger partial charge in [-0.2, -0.15) is 0 Å². The van der Waals surface area contributed by atoms with Crippen molar-refractivity contribution in [3.63, 3.8) is 0 Å². The van der Waals surface area contributed by atoms with E-state index in [0.717, 1.165) is 11.6 Å². The van der Waals surface area contributed by atoms with Crippen LogP contribution in [0.25, 0.3) is 0 Å². The first kappa shape index (κ1) is 22.2. The second-order valence-corrected chi connectivity index (χ2v) is 6.52. The van der Waals surface area contributed by atoms with Crippen LogP contribution in [0, 0.1) is 0 Å². The fraction of sp³-hybridized carbons (Fsp3) is 0.333. The zero-order valence-electron chi connectivity index (χ0n) is 15.6. The van der Waals surface area contributed by atoms with Gasteiger partial charge in [0, 0.05) is 12.0 Å². The van der Waals surface area contributed by atoms with Gasteiger partial charge in [-0.1, -0.05) is 29.9 Å². The first-order chi connectivity index (χ1) is 12.6. The fourth-order valence-electron chi connectivity index (χ4n) is 2.37. The van der Waals surface area contributed by atoms with Crippen LogP contribution in [-0.4, -0.2) is 38.3 Å². The van der Waals surface area contributed by atoms with Gasteiger partial charge in [-0.05, 0) is 51.3 Å². The highest BCUT2D eigenvalue weighted by molar-refractivity contribution is 6.04. The number of carboxylic acid groups (broad SMARTS) is 1. The van der Waals surface area contributed by atoms with Crippen molar-refractivity contribution in [2.24, 2.45) is 0 Å². The number of hydrogen-bond acceptors (Lipinski definition) is 5. The van der Waals surface area contributed by atoms with Crippen LogP contribution in [0.4, 0.5) is 0 Å². The maximum atomic E-state index is 12.2. The van der Waals surface area contributed by atoms with E-state index in [4.69, 9.17) is 0 Å². The van der Waals surface area contributed by atoms with Gasteiger partial charge in [0.2, 0.25) is 0 Å². The van der Waals surface area contributed by atoms with Crippen molar-refractivity contribution in [2.45, 2.75) is 45.6 Å². The average molecular weight is 374 g/mol. The summed E-state index contributed by atoms with van der Waals surface area (Å²) in [7, 11) is 0. The molecule has 0 aromatic heterocycles. The molecule has 6 heteroatoms. The Morgan fingerprint density at radius 1 is 1.19 bits per heavy atom. The summed E-state index contributed by atoms with van der Waals surface area (Å²) in [6.07, 6.45) is 3.85. The van der Waals surface area contributed by atoms with E-state index < -0.39 is 24.3 Å². The molecular formula is C21H26O6. The Balaban J connectivity index is 2.76. The largest absolute Gasteiger partial charge is 0.508 e. The highest BCUT2D eigenvalue weighted by Gasteiger charge is 2.17. The Morgan fingerprint density at radius 2 is 1.85 bits per heavy atom. The predicted octanol–water partition coefficient (Wildman–Crippen LogP) is 3.74. The number of phenols is 2. The average Bonchev–Trinajstić information content (AvgIpc) is 2.60. The van der Waals surface area contributed by atoms with Crippen molar-refractivity contribution >= 4 is 11.8 Å². The van der Waals surface area contributed by atoms with E-state index in [2.05, 4.69) is 6.58 Å². The molecule has 0 amide bonds. The van der Waals surface area contributed by atoms with Gasteiger partial charge in [0.25, 0.3) is 0 Å². The molecule has 1 aromatic carbocycles. The van der Waals surface area contributed by atoms with Gasteiger partial charge < -0.3 is 20.4 Å². The molecule has 0 unspecified atom stereocenters. The lowest BCUT2D eigenvalue weighted by Gasteiger charge is -2.09. The molecule has 0 fully saturated rings. The minimum atomic E-state index is -1.22. The number of carboxylic acids is 1. The Bertz CT molecular complexity index is 773. The molecule has 0 heterocycles. The van der Waals surface area contributed by atoms with Crippen molar-refractivity contribution < 1.29 is 30.0 Å². The number of carbonyl (C=O) groups excluding carboxylic acids is 1. The summed E-state index contributed by atoms with van der Waals surface area (Å²) in [6, 6.07) is 3.52. The number of benzene rings is 1. The van der Waals surface area contributed by atoms with Crippen molar-refractivity contribution in [3.05, 3.63) is 59.2 Å². The van der Waals surface area contributed by atoms with E-state index in [1.807, 2.05) is 13.0 Å². The zero-order chi connectivity index (χ0) is 20.6. The van der Waals surface area contributed by atoms with Gasteiger partial charge in [-0.3, -0.25) is 4.79 Å². The minimum Gasteiger partial charge on any atom is -0.508 e. The molecule has 6 nitrogen and oxygen atoms in total. The summed E-state index contributed by atoms with van der Waals surface area (Å²) >= 11 is 0. The van der Waals surface area contributed by atoms with Crippen LogP contribution in [0.5, 0.6) is 11.5 Å². The topological polar surface area (TPSA) is 115 Å². The normalized spacial score (nSPS) is 13.3. The quantitative estimate of drug-likeness (QED) is 0.215. The summed E-state index contributed by atoms with van der Waals surface area (Å²) in [5, 5.41) is 38.2. The second kappa shape index (κ2) is 10.3. The van der Waals surface area contributed by atoms with Crippen molar-refractivity contribution in [2.75, 3.05) is 0 Å². The van der Waals surface area contributed by atoms with Crippen molar-refractivity contribution in [3.8, 4) is 11.5 Å². The number of Topliss-reactive ketones (excluding diaryl/α,β-unsaturated/α-hetero) is 1. The minimum absolute atomic E-state index is 0.0891. The van der Waals surface area contributed by atoms with E-state index in [-0.39, 0.29) is 22.6 Å². The maximum absolute atomic E-state index is 12.2. The Hall–Kier alpha value is -2.86. The number of carbonyl (C=O) groups is 2. The highest BCUT2D eigenvalue weighted by atomic mass is 16.4. The van der Waals surface area contributed by atoms with Gasteiger partial charge in [0.15, 0.2) is 5.78 Å². The SMILES string of the molecule is C=C(C)[C@@H](O)CC/C(C)=C/C/C=C(/CC(=O)c1cc(O)ccc1O)C(=O)O. The summed E-state index contributed by atoms with van der Waals surface area (Å²) in [5.41, 5.74) is 1.48. The molecule has 0 saturated heterocycles. The monoisotopic (exact) mass is 374 g/mol. The molecule has 4 N–H and O–H groups in total. The number of aliphatic hydroxyl groups excluding tert-OH is 1. The molecule has 1 rings (SSSR count). The first-order valence-corrected chi connectivity index (χ1v) is 8.58. The lowest BCUT2D eigenvalue weighted by molar-refractivity contribution is -0.132. The standard InChI is InChI=1S/C21H26O6/c1-13(2)18(23)9-7-14(3)5-4-6-15(21(26)27)11-20(25)17-12-16(22)8-10-19(17)24/h5-6,8,10,12,18,22-24H,1,4,7,9,11H2,2-3H3,(H,26,27)/b14-5+,15-6-/t18-/m0/s1. The summed E-state index contributed by atoms with van der Waals surface area (Å²) in [4.78, 5) is 23.6. The second-order valence-electron chi connectivity index (χ2n) is 6.52. The lowest BCUT2D eigenvalue weighted by atomic mass is 10.0. The number of allylic oxidation sites excluding steroid dienone is 3. The van der Waals surface area contributed by atoms with Crippen LogP contribution >= 0.6 is 0 Å². The number of hydrogen-bond donors (Lipinski definition) is 4. The van der Waals surface area contributed by atoms with Crippen molar-refractivity contribution in [1.82, 2.24) is 0 Å². The van der Waals surface area contributed by atoms with Crippen LogP contribution in [0.15, 0.2) is 53.6 Å². The van der Waals surface area contributed by atoms with E-state index in [9.17, 15) is 30.0 Å². The Morgan fingerprint density at radius 3 is 2.44 bits per heavy atom. The predicted molar refractivity (Wildman–Crippen MR) is 103 cm³/mol. The number of phenolic OH excluding ortho intramolecular Hbond substituents is 2. The summed E-state index contributed by atoms with van der Waals surface area (Å²) < 4.78 is 0. The number of aliphatic carboxylic acids is 1. The van der Waals surface area contributed by atoms with Crippen LogP contribution in [0.3, 0.4) is 0 Å². The van der Waals surface area contributed by atoms with E-state index in [1.54, 1.807) is 6.92 Å². The van der Waals surface area contributed by atoms with Crippen LogP contribution in [0.2, 0.25) is 0 Å². The third kappa shape index (κ3) is 7.50.